The molecule has 1 N–H and O–H groups in total. The summed E-state index contributed by atoms with van der Waals surface area (Å²) < 4.78 is 5.10. The number of nitrogens with one attached hydrogen (secondary N) is 1. The van der Waals surface area contributed by atoms with Gasteiger partial charge in [0.05, 0.1) is 6.42 Å². The van der Waals surface area contributed by atoms with Gasteiger partial charge < -0.3 is 10.1 Å². The first-order valence-electron chi connectivity index (χ1n) is 8.04. The van der Waals surface area contributed by atoms with Crippen LogP contribution in [0.25, 0.3) is 0 Å². The van der Waals surface area contributed by atoms with Crippen LogP contribution in [-0.2, 0) is 14.3 Å². The van der Waals surface area contributed by atoms with Crippen molar-refractivity contribution in [1.29, 1.82) is 0 Å². The minimum atomic E-state index is -0.372. The summed E-state index contributed by atoms with van der Waals surface area (Å²) in [5, 5.41) is 2.80. The minimum absolute atomic E-state index is 0.0559. The molecular formula is C20H23NO3. The molecule has 2 aromatic carbocycles. The Labute approximate surface area is 142 Å². The number of amides is 1. The van der Waals surface area contributed by atoms with Gasteiger partial charge in [-0.05, 0) is 36.5 Å². The maximum Gasteiger partial charge on any atom is 0.306 e. The van der Waals surface area contributed by atoms with Crippen LogP contribution >= 0.6 is 0 Å². The fraction of sp³-hybridized carbons (Fsp3) is 0.300. The Balaban J connectivity index is 1.82. The lowest BCUT2D eigenvalue weighted by molar-refractivity contribution is -0.147. The van der Waals surface area contributed by atoms with Crippen molar-refractivity contribution >= 4 is 17.6 Å². The highest BCUT2D eigenvalue weighted by molar-refractivity contribution is 5.94. The van der Waals surface area contributed by atoms with Crippen molar-refractivity contribution < 1.29 is 14.3 Å². The molecule has 0 bridgehead atoms. The molecule has 0 fully saturated rings. The number of hydrogen-bond acceptors (Lipinski definition) is 3. The number of rotatable bonds is 6. The van der Waals surface area contributed by atoms with Crippen LogP contribution in [0.3, 0.4) is 0 Å². The fourth-order valence-corrected chi connectivity index (χ4v) is 2.54. The van der Waals surface area contributed by atoms with E-state index in [1.807, 2.05) is 69.3 Å². The van der Waals surface area contributed by atoms with Crippen molar-refractivity contribution in [3.05, 3.63) is 65.2 Å². The quantitative estimate of drug-likeness (QED) is 0.817. The third-order valence-corrected chi connectivity index (χ3v) is 3.95. The predicted molar refractivity (Wildman–Crippen MR) is 95.0 cm³/mol. The van der Waals surface area contributed by atoms with Gasteiger partial charge in [-0.3, -0.25) is 9.59 Å². The van der Waals surface area contributed by atoms with Gasteiger partial charge in [0.15, 0.2) is 6.61 Å². The highest BCUT2D eigenvalue weighted by atomic mass is 16.5. The molecule has 2 aromatic rings. The monoisotopic (exact) mass is 325 g/mol. The largest absolute Gasteiger partial charge is 0.456 e. The van der Waals surface area contributed by atoms with Gasteiger partial charge in [-0.2, -0.15) is 0 Å². The maximum atomic E-state index is 12.0. The Hall–Kier alpha value is -2.62. The minimum Gasteiger partial charge on any atom is -0.456 e. The summed E-state index contributed by atoms with van der Waals surface area (Å²) in [6, 6.07) is 15.6. The Morgan fingerprint density at radius 1 is 1.00 bits per heavy atom. The van der Waals surface area contributed by atoms with E-state index < -0.39 is 0 Å². The average molecular weight is 325 g/mol. The van der Waals surface area contributed by atoms with E-state index in [0.717, 1.165) is 22.4 Å². The molecule has 1 unspecified atom stereocenters. The highest BCUT2D eigenvalue weighted by Crippen LogP contribution is 2.20. The smallest absolute Gasteiger partial charge is 0.306 e. The highest BCUT2D eigenvalue weighted by Gasteiger charge is 2.14. The number of anilines is 1. The SMILES string of the molecule is Cc1cccc(C)c1NC(=O)COC(=O)CC(C)c1ccccc1. The Bertz CT molecular complexity index is 690. The van der Waals surface area contributed by atoms with Crippen molar-refractivity contribution in [3.63, 3.8) is 0 Å². The Kier molecular flexibility index (Phi) is 6.13. The van der Waals surface area contributed by atoms with Gasteiger partial charge >= 0.3 is 5.97 Å². The number of ether oxygens (including phenoxy) is 1. The van der Waals surface area contributed by atoms with Gasteiger partial charge in [0.25, 0.3) is 5.91 Å². The molecule has 0 aromatic heterocycles. The van der Waals surface area contributed by atoms with Gasteiger partial charge in [0.2, 0.25) is 0 Å². The Morgan fingerprint density at radius 2 is 1.62 bits per heavy atom. The van der Waals surface area contributed by atoms with Crippen LogP contribution in [-0.4, -0.2) is 18.5 Å². The molecule has 1 atom stereocenters. The second-order valence-electron chi connectivity index (χ2n) is 5.99. The lowest BCUT2D eigenvalue weighted by Crippen LogP contribution is -2.22. The molecule has 4 heteroatoms. The lowest BCUT2D eigenvalue weighted by Gasteiger charge is -2.13. The molecule has 126 valence electrons. The first-order valence-corrected chi connectivity index (χ1v) is 8.04. The van der Waals surface area contributed by atoms with Gasteiger partial charge in [0, 0.05) is 5.69 Å². The van der Waals surface area contributed by atoms with E-state index in [1.54, 1.807) is 0 Å². The summed E-state index contributed by atoms with van der Waals surface area (Å²) in [5.74, 6) is -0.642. The maximum absolute atomic E-state index is 12.0. The van der Waals surface area contributed by atoms with E-state index in [-0.39, 0.29) is 30.8 Å². The number of esters is 1. The van der Waals surface area contributed by atoms with E-state index in [9.17, 15) is 9.59 Å². The van der Waals surface area contributed by atoms with Crippen LogP contribution in [0.1, 0.15) is 36.0 Å². The van der Waals surface area contributed by atoms with E-state index in [2.05, 4.69) is 5.32 Å². The number of hydrogen-bond donors (Lipinski definition) is 1. The molecule has 2 rings (SSSR count). The third kappa shape index (κ3) is 4.95. The zero-order valence-electron chi connectivity index (χ0n) is 14.3. The van der Waals surface area contributed by atoms with E-state index >= 15 is 0 Å². The topological polar surface area (TPSA) is 55.4 Å². The second-order valence-corrected chi connectivity index (χ2v) is 5.99. The van der Waals surface area contributed by atoms with Crippen molar-refractivity contribution in [2.45, 2.75) is 33.1 Å². The van der Waals surface area contributed by atoms with Crippen LogP contribution in [0.4, 0.5) is 5.69 Å². The van der Waals surface area contributed by atoms with Crippen LogP contribution < -0.4 is 5.32 Å². The van der Waals surface area contributed by atoms with Crippen LogP contribution in [0, 0.1) is 13.8 Å². The zero-order valence-corrected chi connectivity index (χ0v) is 14.3. The van der Waals surface area contributed by atoms with E-state index in [1.165, 1.54) is 0 Å². The summed E-state index contributed by atoms with van der Waals surface area (Å²) in [4.78, 5) is 23.9. The summed E-state index contributed by atoms with van der Waals surface area (Å²) in [6.45, 7) is 5.55. The molecule has 4 nitrogen and oxygen atoms in total. The molecule has 0 aliphatic rings. The number of para-hydroxylation sites is 1. The first kappa shape index (κ1) is 17.7. The molecule has 0 spiro atoms. The summed E-state index contributed by atoms with van der Waals surface area (Å²) in [7, 11) is 0. The fourth-order valence-electron chi connectivity index (χ4n) is 2.54. The van der Waals surface area contributed by atoms with Crippen LogP contribution in [0.15, 0.2) is 48.5 Å². The zero-order chi connectivity index (χ0) is 17.5. The molecule has 0 saturated carbocycles. The molecule has 0 heterocycles. The number of carbonyl (C=O) groups excluding carboxylic acids is 2. The molecule has 0 aliphatic carbocycles. The lowest BCUT2D eigenvalue weighted by atomic mass is 9.98. The van der Waals surface area contributed by atoms with Crippen molar-refractivity contribution in [1.82, 2.24) is 0 Å². The van der Waals surface area contributed by atoms with Crippen molar-refractivity contribution in [2.75, 3.05) is 11.9 Å². The van der Waals surface area contributed by atoms with Gasteiger partial charge in [-0.25, -0.2) is 0 Å². The van der Waals surface area contributed by atoms with Crippen molar-refractivity contribution in [2.24, 2.45) is 0 Å². The van der Waals surface area contributed by atoms with Crippen LogP contribution in [0.2, 0.25) is 0 Å². The number of carbonyl (C=O) groups is 2. The molecule has 24 heavy (non-hydrogen) atoms. The molecular weight excluding hydrogens is 302 g/mol. The van der Waals surface area contributed by atoms with E-state index in [4.69, 9.17) is 4.74 Å². The van der Waals surface area contributed by atoms with Gasteiger partial charge in [0.1, 0.15) is 0 Å². The molecule has 1 amide bonds. The second kappa shape index (κ2) is 8.29. The number of aryl methyl sites for hydroxylation is 2. The van der Waals surface area contributed by atoms with E-state index in [0.29, 0.717) is 0 Å². The predicted octanol–water partition coefficient (Wildman–Crippen LogP) is 3.98. The summed E-state index contributed by atoms with van der Waals surface area (Å²) in [5.41, 5.74) is 3.81. The molecule has 0 radical (unpaired) electrons. The normalized spacial score (nSPS) is 11.6. The van der Waals surface area contributed by atoms with Gasteiger partial charge in [-0.1, -0.05) is 55.5 Å². The third-order valence-electron chi connectivity index (χ3n) is 3.95. The Morgan fingerprint density at radius 3 is 2.25 bits per heavy atom. The standard InChI is InChI=1S/C20H23NO3/c1-14-8-7-9-15(2)20(14)21-18(22)13-24-19(23)12-16(3)17-10-5-4-6-11-17/h4-11,16H,12-13H2,1-3H3,(H,21,22). The van der Waals surface area contributed by atoms with Crippen LogP contribution in [0.5, 0.6) is 0 Å². The number of benzene rings is 2. The summed E-state index contributed by atoms with van der Waals surface area (Å²) >= 11 is 0. The molecule has 0 aliphatic heterocycles. The van der Waals surface area contributed by atoms with Gasteiger partial charge in [-0.15, -0.1) is 0 Å². The first-order chi connectivity index (χ1) is 11.5. The average Bonchev–Trinajstić information content (AvgIpc) is 2.57. The van der Waals surface area contributed by atoms with Crippen molar-refractivity contribution in [3.8, 4) is 0 Å². The molecule has 0 saturated heterocycles. The summed E-state index contributed by atoms with van der Waals surface area (Å²) in [6.07, 6.45) is 0.251.